The van der Waals surface area contributed by atoms with Gasteiger partial charge < -0.3 is 10.1 Å². The molecular weight excluding hydrogens is 302 g/mol. The Balaban J connectivity index is 1.59. The molecule has 1 aliphatic rings. The molecule has 3 rings (SSSR count). The van der Waals surface area contributed by atoms with Crippen molar-refractivity contribution in [2.24, 2.45) is 0 Å². The van der Waals surface area contributed by atoms with Gasteiger partial charge in [-0.2, -0.15) is 4.31 Å². The van der Waals surface area contributed by atoms with Gasteiger partial charge in [-0.1, -0.05) is 18.2 Å². The van der Waals surface area contributed by atoms with Gasteiger partial charge in [0.25, 0.3) is 0 Å². The molecule has 0 bridgehead atoms. The molecule has 1 saturated heterocycles. The van der Waals surface area contributed by atoms with Crippen molar-refractivity contribution >= 4 is 26.7 Å². The molecule has 1 aliphatic heterocycles. The Kier molecular flexibility index (Phi) is 4.56. The highest BCUT2D eigenvalue weighted by Gasteiger charge is 2.23. The van der Waals surface area contributed by atoms with E-state index in [0.29, 0.717) is 38.7 Å². The van der Waals surface area contributed by atoms with Crippen molar-refractivity contribution in [3.8, 4) is 0 Å². The second-order valence-electron chi connectivity index (χ2n) is 5.14. The molecule has 7 heteroatoms. The number of hydrogen-bond acceptors (Lipinski definition) is 5. The Bertz CT molecular complexity index is 743. The van der Waals surface area contributed by atoms with Crippen molar-refractivity contribution in [2.75, 3.05) is 43.9 Å². The van der Waals surface area contributed by atoms with E-state index in [1.165, 1.54) is 4.31 Å². The number of morpholine rings is 1. The van der Waals surface area contributed by atoms with Gasteiger partial charge in [-0.3, -0.25) is 0 Å². The minimum atomic E-state index is -3.23. The van der Waals surface area contributed by atoms with E-state index in [4.69, 9.17) is 4.74 Å². The fraction of sp³-hybridized carbons (Fsp3) is 0.400. The molecule has 0 saturated carbocycles. The summed E-state index contributed by atoms with van der Waals surface area (Å²) in [6, 6.07) is 11.7. The lowest BCUT2D eigenvalue weighted by atomic mass is 10.2. The predicted molar refractivity (Wildman–Crippen MR) is 86.4 cm³/mol. The standard InChI is InChI=1S/C15H19N3O3S/c19-22(20,18-8-10-21-11-9-18)12-7-16-15-6-5-13-3-1-2-4-14(13)17-15/h1-6H,7-12H2,(H,16,17). The van der Waals surface area contributed by atoms with Crippen LogP contribution >= 0.6 is 0 Å². The summed E-state index contributed by atoms with van der Waals surface area (Å²) >= 11 is 0. The molecule has 0 radical (unpaired) electrons. The summed E-state index contributed by atoms with van der Waals surface area (Å²) in [5.74, 6) is 0.748. The summed E-state index contributed by atoms with van der Waals surface area (Å²) in [5.41, 5.74) is 0.892. The molecule has 118 valence electrons. The van der Waals surface area contributed by atoms with E-state index in [1.807, 2.05) is 36.4 Å². The highest BCUT2D eigenvalue weighted by molar-refractivity contribution is 7.89. The molecule has 2 aromatic rings. The predicted octanol–water partition coefficient (Wildman–Crippen LogP) is 1.31. The number of nitrogens with zero attached hydrogens (tertiary/aromatic N) is 2. The van der Waals surface area contributed by atoms with Crippen LogP contribution in [-0.4, -0.2) is 56.3 Å². The highest BCUT2D eigenvalue weighted by Crippen LogP contribution is 2.14. The van der Waals surface area contributed by atoms with E-state index in [-0.39, 0.29) is 5.75 Å². The molecule has 1 aromatic heterocycles. The number of anilines is 1. The van der Waals surface area contributed by atoms with Crippen LogP contribution in [0.5, 0.6) is 0 Å². The molecule has 0 spiro atoms. The van der Waals surface area contributed by atoms with Crippen LogP contribution in [-0.2, 0) is 14.8 Å². The first kappa shape index (κ1) is 15.2. The number of ether oxygens (including phenoxy) is 1. The van der Waals surface area contributed by atoms with Crippen LogP contribution in [0.3, 0.4) is 0 Å². The molecule has 0 unspecified atom stereocenters. The van der Waals surface area contributed by atoms with Crippen molar-refractivity contribution < 1.29 is 13.2 Å². The van der Waals surface area contributed by atoms with E-state index in [2.05, 4.69) is 10.3 Å². The summed E-state index contributed by atoms with van der Waals surface area (Å²) in [5, 5.41) is 4.15. The molecule has 6 nitrogen and oxygen atoms in total. The molecular formula is C15H19N3O3S. The van der Waals surface area contributed by atoms with Gasteiger partial charge in [-0.15, -0.1) is 0 Å². The lowest BCUT2D eigenvalue weighted by molar-refractivity contribution is 0.0731. The van der Waals surface area contributed by atoms with Crippen molar-refractivity contribution in [3.63, 3.8) is 0 Å². The fourth-order valence-corrected chi connectivity index (χ4v) is 3.75. The fourth-order valence-electron chi connectivity index (χ4n) is 2.43. The molecule has 22 heavy (non-hydrogen) atoms. The van der Waals surface area contributed by atoms with Crippen molar-refractivity contribution in [2.45, 2.75) is 0 Å². The van der Waals surface area contributed by atoms with E-state index in [1.54, 1.807) is 0 Å². The van der Waals surface area contributed by atoms with Gasteiger partial charge in [0.15, 0.2) is 0 Å². The number of fused-ring (bicyclic) bond motifs is 1. The number of rotatable bonds is 5. The highest BCUT2D eigenvalue weighted by atomic mass is 32.2. The van der Waals surface area contributed by atoms with Crippen LogP contribution in [0.2, 0.25) is 0 Å². The van der Waals surface area contributed by atoms with Gasteiger partial charge in [-0.25, -0.2) is 13.4 Å². The smallest absolute Gasteiger partial charge is 0.215 e. The van der Waals surface area contributed by atoms with Crippen LogP contribution in [0.1, 0.15) is 0 Å². The minimum absolute atomic E-state index is 0.0571. The first-order valence-electron chi connectivity index (χ1n) is 7.30. The molecule has 0 atom stereocenters. The van der Waals surface area contributed by atoms with Crippen molar-refractivity contribution in [1.29, 1.82) is 0 Å². The average Bonchev–Trinajstić information content (AvgIpc) is 2.55. The second kappa shape index (κ2) is 6.60. The van der Waals surface area contributed by atoms with Gasteiger partial charge in [0.2, 0.25) is 10.0 Å². The van der Waals surface area contributed by atoms with Gasteiger partial charge in [0, 0.05) is 25.0 Å². The number of aromatic nitrogens is 1. The zero-order chi connectivity index (χ0) is 15.4. The first-order valence-corrected chi connectivity index (χ1v) is 8.91. The summed E-state index contributed by atoms with van der Waals surface area (Å²) in [4.78, 5) is 4.47. The Hall–Kier alpha value is -1.70. The van der Waals surface area contributed by atoms with Crippen LogP contribution in [0.25, 0.3) is 10.9 Å². The van der Waals surface area contributed by atoms with Gasteiger partial charge in [-0.05, 0) is 18.2 Å². The SMILES string of the molecule is O=S(=O)(CCNc1ccc2ccccc2n1)N1CCOCC1. The van der Waals surface area contributed by atoms with Crippen LogP contribution in [0, 0.1) is 0 Å². The van der Waals surface area contributed by atoms with Crippen molar-refractivity contribution in [3.05, 3.63) is 36.4 Å². The zero-order valence-corrected chi connectivity index (χ0v) is 13.1. The van der Waals surface area contributed by atoms with E-state index < -0.39 is 10.0 Å². The molecule has 1 N–H and O–H groups in total. The summed E-state index contributed by atoms with van der Waals surface area (Å²) < 4.78 is 31.1. The summed E-state index contributed by atoms with van der Waals surface area (Å²) in [7, 11) is -3.23. The number of para-hydroxylation sites is 1. The van der Waals surface area contributed by atoms with Gasteiger partial charge in [0.1, 0.15) is 5.82 Å². The number of hydrogen-bond donors (Lipinski definition) is 1. The Morgan fingerprint density at radius 3 is 2.73 bits per heavy atom. The third-order valence-corrected chi connectivity index (χ3v) is 5.50. The molecule has 0 amide bonds. The Morgan fingerprint density at radius 1 is 1.14 bits per heavy atom. The van der Waals surface area contributed by atoms with Crippen LogP contribution in [0.4, 0.5) is 5.82 Å². The summed E-state index contributed by atoms with van der Waals surface area (Å²) in [6.45, 7) is 2.16. The van der Waals surface area contributed by atoms with E-state index >= 15 is 0 Å². The third kappa shape index (κ3) is 3.55. The van der Waals surface area contributed by atoms with E-state index in [9.17, 15) is 8.42 Å². The maximum atomic E-state index is 12.2. The second-order valence-corrected chi connectivity index (χ2v) is 7.23. The molecule has 0 aliphatic carbocycles. The van der Waals surface area contributed by atoms with Gasteiger partial charge in [0.05, 0.1) is 24.5 Å². The number of pyridine rings is 1. The average molecular weight is 321 g/mol. The topological polar surface area (TPSA) is 71.5 Å². The van der Waals surface area contributed by atoms with E-state index in [0.717, 1.165) is 10.9 Å². The zero-order valence-electron chi connectivity index (χ0n) is 12.2. The maximum absolute atomic E-state index is 12.2. The Morgan fingerprint density at radius 2 is 1.91 bits per heavy atom. The maximum Gasteiger partial charge on any atom is 0.215 e. The summed E-state index contributed by atoms with van der Waals surface area (Å²) in [6.07, 6.45) is 0. The number of benzene rings is 1. The largest absolute Gasteiger partial charge is 0.379 e. The number of nitrogens with one attached hydrogen (secondary N) is 1. The van der Waals surface area contributed by atoms with Crippen LogP contribution < -0.4 is 5.32 Å². The van der Waals surface area contributed by atoms with Gasteiger partial charge >= 0.3 is 0 Å². The first-order chi connectivity index (χ1) is 10.6. The van der Waals surface area contributed by atoms with Crippen LogP contribution in [0.15, 0.2) is 36.4 Å². The third-order valence-electron chi connectivity index (χ3n) is 3.63. The Labute approximate surface area is 130 Å². The minimum Gasteiger partial charge on any atom is -0.379 e. The molecule has 1 aromatic carbocycles. The normalized spacial score (nSPS) is 16.7. The molecule has 1 fully saturated rings. The number of sulfonamides is 1. The van der Waals surface area contributed by atoms with Crippen molar-refractivity contribution in [1.82, 2.24) is 9.29 Å². The quantitative estimate of drug-likeness (QED) is 0.899. The lowest BCUT2D eigenvalue weighted by Gasteiger charge is -2.26. The monoisotopic (exact) mass is 321 g/mol. The molecule has 2 heterocycles. The lowest BCUT2D eigenvalue weighted by Crippen LogP contribution is -2.42.